The Morgan fingerprint density at radius 1 is 1.35 bits per heavy atom. The Morgan fingerprint density at radius 3 is 2.71 bits per heavy atom. The molecule has 0 radical (unpaired) electrons. The Morgan fingerprint density at radius 2 is 2.12 bits per heavy atom. The molecule has 0 spiro atoms. The van der Waals surface area contributed by atoms with Gasteiger partial charge in [-0.1, -0.05) is 32.3 Å². The van der Waals surface area contributed by atoms with E-state index >= 15 is 0 Å². The molecule has 3 nitrogen and oxygen atoms in total. The zero-order chi connectivity index (χ0) is 12.1. The monoisotopic (exact) mass is 232 g/mol. The lowest BCUT2D eigenvalue weighted by atomic mass is 9.71. The SMILES string of the molecule is CCC1(C(=O)Nc2ccccn2)CCCCC1. The van der Waals surface area contributed by atoms with Gasteiger partial charge in [0, 0.05) is 11.6 Å². The lowest BCUT2D eigenvalue weighted by Gasteiger charge is -2.34. The van der Waals surface area contributed by atoms with E-state index in [0.29, 0.717) is 5.82 Å². The van der Waals surface area contributed by atoms with Gasteiger partial charge in [-0.2, -0.15) is 0 Å². The van der Waals surface area contributed by atoms with Gasteiger partial charge in [0.1, 0.15) is 5.82 Å². The molecule has 0 bridgehead atoms. The van der Waals surface area contributed by atoms with Gasteiger partial charge in [0.05, 0.1) is 0 Å². The number of hydrogen-bond donors (Lipinski definition) is 1. The van der Waals surface area contributed by atoms with Crippen LogP contribution >= 0.6 is 0 Å². The van der Waals surface area contributed by atoms with Crippen LogP contribution in [0.5, 0.6) is 0 Å². The van der Waals surface area contributed by atoms with Gasteiger partial charge in [-0.25, -0.2) is 4.98 Å². The molecule has 1 saturated carbocycles. The molecule has 1 amide bonds. The summed E-state index contributed by atoms with van der Waals surface area (Å²) < 4.78 is 0. The third kappa shape index (κ3) is 2.65. The van der Waals surface area contributed by atoms with Gasteiger partial charge < -0.3 is 5.32 Å². The van der Waals surface area contributed by atoms with Crippen molar-refractivity contribution in [1.82, 2.24) is 4.98 Å². The molecule has 0 atom stereocenters. The molecule has 2 rings (SSSR count). The van der Waals surface area contributed by atoms with E-state index < -0.39 is 0 Å². The van der Waals surface area contributed by atoms with Crippen molar-refractivity contribution in [1.29, 1.82) is 0 Å². The Bertz CT molecular complexity index is 369. The molecule has 0 unspecified atom stereocenters. The van der Waals surface area contributed by atoms with Crippen molar-refractivity contribution in [3.05, 3.63) is 24.4 Å². The van der Waals surface area contributed by atoms with Crippen molar-refractivity contribution >= 4 is 11.7 Å². The number of nitrogens with zero attached hydrogens (tertiary/aromatic N) is 1. The number of anilines is 1. The maximum absolute atomic E-state index is 12.4. The number of nitrogens with one attached hydrogen (secondary N) is 1. The number of carbonyl (C=O) groups excluding carboxylic acids is 1. The second-order valence-corrected chi connectivity index (χ2v) is 4.86. The van der Waals surface area contributed by atoms with Crippen LogP contribution in [0.25, 0.3) is 0 Å². The highest BCUT2D eigenvalue weighted by atomic mass is 16.2. The molecular weight excluding hydrogens is 212 g/mol. The van der Waals surface area contributed by atoms with Crippen LogP contribution in [0.4, 0.5) is 5.82 Å². The minimum Gasteiger partial charge on any atom is -0.310 e. The molecule has 92 valence electrons. The summed E-state index contributed by atoms with van der Waals surface area (Å²) in [6.07, 6.45) is 8.26. The van der Waals surface area contributed by atoms with E-state index in [-0.39, 0.29) is 11.3 Å². The Kier molecular flexibility index (Phi) is 3.77. The van der Waals surface area contributed by atoms with Crippen LogP contribution in [-0.4, -0.2) is 10.9 Å². The van der Waals surface area contributed by atoms with Crippen molar-refractivity contribution in [2.75, 3.05) is 5.32 Å². The number of hydrogen-bond acceptors (Lipinski definition) is 2. The fourth-order valence-corrected chi connectivity index (χ4v) is 2.66. The number of amides is 1. The van der Waals surface area contributed by atoms with E-state index in [1.165, 1.54) is 19.3 Å². The highest BCUT2D eigenvalue weighted by Crippen LogP contribution is 2.39. The van der Waals surface area contributed by atoms with Crippen LogP contribution in [-0.2, 0) is 4.79 Å². The van der Waals surface area contributed by atoms with E-state index in [4.69, 9.17) is 0 Å². The molecule has 0 aromatic carbocycles. The average Bonchev–Trinajstić information content (AvgIpc) is 2.40. The van der Waals surface area contributed by atoms with E-state index in [9.17, 15) is 4.79 Å². The summed E-state index contributed by atoms with van der Waals surface area (Å²) in [5, 5.41) is 2.95. The Balaban J connectivity index is 2.07. The zero-order valence-electron chi connectivity index (χ0n) is 10.4. The second kappa shape index (κ2) is 5.30. The first-order valence-corrected chi connectivity index (χ1v) is 6.49. The quantitative estimate of drug-likeness (QED) is 0.868. The summed E-state index contributed by atoms with van der Waals surface area (Å²) in [5.74, 6) is 0.814. The van der Waals surface area contributed by atoms with Gasteiger partial charge >= 0.3 is 0 Å². The summed E-state index contributed by atoms with van der Waals surface area (Å²) >= 11 is 0. The molecule has 0 aliphatic heterocycles. The van der Waals surface area contributed by atoms with E-state index in [1.807, 2.05) is 18.2 Å². The van der Waals surface area contributed by atoms with Crippen LogP contribution in [0.3, 0.4) is 0 Å². The molecular formula is C14H20N2O. The number of pyridine rings is 1. The molecule has 17 heavy (non-hydrogen) atoms. The van der Waals surface area contributed by atoms with Crippen molar-refractivity contribution in [3.8, 4) is 0 Å². The molecule has 1 aromatic heterocycles. The van der Waals surface area contributed by atoms with Crippen LogP contribution in [0.15, 0.2) is 24.4 Å². The van der Waals surface area contributed by atoms with Crippen LogP contribution in [0.1, 0.15) is 45.4 Å². The van der Waals surface area contributed by atoms with Crippen molar-refractivity contribution in [2.45, 2.75) is 45.4 Å². The molecule has 0 saturated heterocycles. The molecule has 1 aliphatic rings. The highest BCUT2D eigenvalue weighted by molar-refractivity contribution is 5.94. The smallest absolute Gasteiger partial charge is 0.231 e. The average molecular weight is 232 g/mol. The van der Waals surface area contributed by atoms with Crippen molar-refractivity contribution in [3.63, 3.8) is 0 Å². The zero-order valence-corrected chi connectivity index (χ0v) is 10.4. The topological polar surface area (TPSA) is 42.0 Å². The molecule has 1 aromatic rings. The predicted molar refractivity (Wildman–Crippen MR) is 68.7 cm³/mol. The molecule has 1 fully saturated rings. The van der Waals surface area contributed by atoms with Crippen LogP contribution in [0, 0.1) is 5.41 Å². The third-order valence-corrected chi connectivity index (χ3v) is 3.88. The predicted octanol–water partition coefficient (Wildman–Crippen LogP) is 3.38. The lowest BCUT2D eigenvalue weighted by Crippen LogP contribution is -2.37. The number of rotatable bonds is 3. The van der Waals surface area contributed by atoms with Gasteiger partial charge in [-0.05, 0) is 31.4 Å². The van der Waals surface area contributed by atoms with Gasteiger partial charge in [0.15, 0.2) is 0 Å². The van der Waals surface area contributed by atoms with E-state index in [1.54, 1.807) is 6.20 Å². The number of aromatic nitrogens is 1. The summed E-state index contributed by atoms with van der Waals surface area (Å²) in [6.45, 7) is 2.11. The number of carbonyl (C=O) groups is 1. The minimum atomic E-state index is -0.157. The molecule has 3 heteroatoms. The largest absolute Gasteiger partial charge is 0.310 e. The van der Waals surface area contributed by atoms with Gasteiger partial charge in [-0.3, -0.25) is 4.79 Å². The fraction of sp³-hybridized carbons (Fsp3) is 0.571. The molecule has 1 N–H and O–H groups in total. The molecule has 1 aliphatic carbocycles. The van der Waals surface area contributed by atoms with Crippen molar-refractivity contribution < 1.29 is 4.79 Å². The second-order valence-electron chi connectivity index (χ2n) is 4.86. The van der Waals surface area contributed by atoms with Gasteiger partial charge in [0.2, 0.25) is 5.91 Å². The van der Waals surface area contributed by atoms with Gasteiger partial charge in [-0.15, -0.1) is 0 Å². The lowest BCUT2D eigenvalue weighted by molar-refractivity contribution is -0.127. The minimum absolute atomic E-state index is 0.151. The maximum Gasteiger partial charge on any atom is 0.231 e. The summed E-state index contributed by atoms with van der Waals surface area (Å²) in [6, 6.07) is 5.58. The fourth-order valence-electron chi connectivity index (χ4n) is 2.66. The standard InChI is InChI=1S/C14H20N2O/c1-2-14(9-5-3-6-10-14)13(17)16-12-8-4-7-11-15-12/h4,7-8,11H,2-3,5-6,9-10H2,1H3,(H,15,16,17). The first kappa shape index (κ1) is 12.1. The van der Waals surface area contributed by atoms with E-state index in [2.05, 4.69) is 17.2 Å². The summed E-state index contributed by atoms with van der Waals surface area (Å²) in [7, 11) is 0. The normalized spacial score (nSPS) is 18.6. The first-order valence-electron chi connectivity index (χ1n) is 6.49. The third-order valence-electron chi connectivity index (χ3n) is 3.88. The Labute approximate surface area is 103 Å². The first-order chi connectivity index (χ1) is 8.27. The molecule has 1 heterocycles. The maximum atomic E-state index is 12.4. The highest BCUT2D eigenvalue weighted by Gasteiger charge is 2.37. The summed E-state index contributed by atoms with van der Waals surface area (Å²) in [5.41, 5.74) is -0.157. The van der Waals surface area contributed by atoms with Crippen molar-refractivity contribution in [2.24, 2.45) is 5.41 Å². The van der Waals surface area contributed by atoms with Crippen LogP contribution in [0.2, 0.25) is 0 Å². The van der Waals surface area contributed by atoms with E-state index in [0.717, 1.165) is 19.3 Å². The summed E-state index contributed by atoms with van der Waals surface area (Å²) in [4.78, 5) is 16.5. The van der Waals surface area contributed by atoms with Gasteiger partial charge in [0.25, 0.3) is 0 Å². The Hall–Kier alpha value is -1.38. The van der Waals surface area contributed by atoms with Crippen LogP contribution < -0.4 is 5.32 Å².